The van der Waals surface area contributed by atoms with Crippen LogP contribution in [0.4, 0.5) is 0 Å². The summed E-state index contributed by atoms with van der Waals surface area (Å²) in [4.78, 5) is 20.3. The highest BCUT2D eigenvalue weighted by molar-refractivity contribution is 5.93. The Morgan fingerprint density at radius 2 is 1.95 bits per heavy atom. The summed E-state index contributed by atoms with van der Waals surface area (Å²) in [5.74, 6) is -0.904. The van der Waals surface area contributed by atoms with Crippen molar-refractivity contribution in [2.75, 3.05) is 33.2 Å². The number of likely N-dealkylation sites (N-methyl/N-ethyl adjacent to an activating group) is 1. The highest BCUT2D eigenvalue weighted by atomic mass is 16.4. The highest BCUT2D eigenvalue weighted by Gasteiger charge is 2.14. The largest absolute Gasteiger partial charge is 0.478 e. The van der Waals surface area contributed by atoms with E-state index in [1.54, 1.807) is 18.2 Å². The minimum absolute atomic E-state index is 0.302. The number of carboxylic acids is 1. The molecule has 0 spiro atoms. The molecule has 1 aromatic heterocycles. The molecule has 2 heterocycles. The molecule has 1 N–H and O–H groups in total. The van der Waals surface area contributed by atoms with Gasteiger partial charge in [0.25, 0.3) is 0 Å². The van der Waals surface area contributed by atoms with Crippen LogP contribution in [0, 0.1) is 0 Å². The van der Waals surface area contributed by atoms with Crippen molar-refractivity contribution in [3.8, 4) is 0 Å². The van der Waals surface area contributed by atoms with Gasteiger partial charge in [-0.1, -0.05) is 6.07 Å². The van der Waals surface area contributed by atoms with Gasteiger partial charge in [-0.3, -0.25) is 9.88 Å². The van der Waals surface area contributed by atoms with E-state index in [1.807, 2.05) is 12.1 Å². The molecule has 1 aliphatic heterocycles. The van der Waals surface area contributed by atoms with Gasteiger partial charge < -0.3 is 10.0 Å². The van der Waals surface area contributed by atoms with Gasteiger partial charge in [-0.2, -0.15) is 0 Å². The molecule has 5 nitrogen and oxygen atoms in total. The van der Waals surface area contributed by atoms with E-state index in [9.17, 15) is 4.79 Å². The molecule has 1 aliphatic rings. The van der Waals surface area contributed by atoms with Crippen molar-refractivity contribution in [3.63, 3.8) is 0 Å². The third-order valence-corrected chi connectivity index (χ3v) is 3.98. The summed E-state index contributed by atoms with van der Waals surface area (Å²) in [6, 6.07) is 9.01. The first-order valence-corrected chi connectivity index (χ1v) is 7.16. The van der Waals surface area contributed by atoms with Crippen LogP contribution in [0.15, 0.2) is 30.3 Å². The number of aromatic nitrogens is 1. The van der Waals surface area contributed by atoms with Gasteiger partial charge in [0, 0.05) is 38.1 Å². The fraction of sp³-hybridized carbons (Fsp3) is 0.375. The van der Waals surface area contributed by atoms with Crippen LogP contribution in [-0.4, -0.2) is 59.1 Å². The van der Waals surface area contributed by atoms with Gasteiger partial charge >= 0.3 is 5.97 Å². The van der Waals surface area contributed by atoms with E-state index in [1.165, 1.54) is 0 Å². The van der Waals surface area contributed by atoms with Gasteiger partial charge in [-0.05, 0) is 31.3 Å². The third-order valence-electron chi connectivity index (χ3n) is 3.98. The second-order valence-corrected chi connectivity index (χ2v) is 5.59. The first-order chi connectivity index (χ1) is 10.1. The molecule has 0 radical (unpaired) electrons. The lowest BCUT2D eigenvalue weighted by Gasteiger charge is -2.32. The monoisotopic (exact) mass is 285 g/mol. The van der Waals surface area contributed by atoms with Crippen molar-refractivity contribution in [2.24, 2.45) is 0 Å². The topological polar surface area (TPSA) is 56.7 Å². The van der Waals surface area contributed by atoms with E-state index in [0.717, 1.165) is 49.3 Å². The summed E-state index contributed by atoms with van der Waals surface area (Å²) in [6.07, 6.45) is 0. The minimum atomic E-state index is -0.904. The van der Waals surface area contributed by atoms with Crippen molar-refractivity contribution >= 4 is 16.9 Å². The number of benzene rings is 1. The summed E-state index contributed by atoms with van der Waals surface area (Å²) in [7, 11) is 2.14. The molecule has 1 fully saturated rings. The van der Waals surface area contributed by atoms with Crippen LogP contribution < -0.4 is 0 Å². The van der Waals surface area contributed by atoms with Gasteiger partial charge in [0.2, 0.25) is 0 Å². The summed E-state index contributed by atoms with van der Waals surface area (Å²) in [5.41, 5.74) is 2.19. The molecule has 1 saturated heterocycles. The molecule has 110 valence electrons. The van der Waals surface area contributed by atoms with Gasteiger partial charge in [0.1, 0.15) is 0 Å². The Morgan fingerprint density at radius 1 is 1.19 bits per heavy atom. The van der Waals surface area contributed by atoms with Gasteiger partial charge in [0.15, 0.2) is 0 Å². The number of aromatic carboxylic acids is 1. The van der Waals surface area contributed by atoms with Crippen LogP contribution in [-0.2, 0) is 6.54 Å². The zero-order valence-electron chi connectivity index (χ0n) is 12.1. The summed E-state index contributed by atoms with van der Waals surface area (Å²) < 4.78 is 0. The fourth-order valence-corrected chi connectivity index (χ4v) is 2.62. The molecule has 0 aliphatic carbocycles. The van der Waals surface area contributed by atoms with Gasteiger partial charge in [-0.25, -0.2) is 4.79 Å². The van der Waals surface area contributed by atoms with E-state index >= 15 is 0 Å². The lowest BCUT2D eigenvalue weighted by molar-refractivity contribution is 0.0697. The summed E-state index contributed by atoms with van der Waals surface area (Å²) in [5, 5.41) is 9.88. The number of carboxylic acid groups (broad SMARTS) is 1. The van der Waals surface area contributed by atoms with E-state index in [2.05, 4.69) is 21.8 Å². The van der Waals surface area contributed by atoms with Crippen molar-refractivity contribution in [3.05, 3.63) is 41.6 Å². The quantitative estimate of drug-likeness (QED) is 0.930. The number of pyridine rings is 1. The zero-order valence-corrected chi connectivity index (χ0v) is 12.1. The molecule has 21 heavy (non-hydrogen) atoms. The van der Waals surface area contributed by atoms with Gasteiger partial charge in [-0.15, -0.1) is 0 Å². The number of carbonyl (C=O) groups is 1. The lowest BCUT2D eigenvalue weighted by atomic mass is 10.1. The molecule has 5 heteroatoms. The molecule has 0 bridgehead atoms. The Bertz CT molecular complexity index is 664. The predicted octanol–water partition coefficient (Wildman–Crippen LogP) is 1.68. The van der Waals surface area contributed by atoms with Crippen molar-refractivity contribution in [1.29, 1.82) is 0 Å². The number of nitrogens with zero attached hydrogens (tertiary/aromatic N) is 3. The molecule has 0 unspecified atom stereocenters. The Morgan fingerprint density at radius 3 is 2.67 bits per heavy atom. The molecule has 3 rings (SSSR count). The Hall–Kier alpha value is -1.98. The molecule has 0 amide bonds. The van der Waals surface area contributed by atoms with Crippen LogP contribution in [0.3, 0.4) is 0 Å². The van der Waals surface area contributed by atoms with E-state index in [4.69, 9.17) is 5.11 Å². The fourth-order valence-electron chi connectivity index (χ4n) is 2.62. The van der Waals surface area contributed by atoms with Gasteiger partial charge in [0.05, 0.1) is 16.8 Å². The normalized spacial score (nSPS) is 17.2. The van der Waals surface area contributed by atoms with E-state index < -0.39 is 5.97 Å². The molecule has 1 aromatic carbocycles. The maximum atomic E-state index is 11.0. The first-order valence-electron chi connectivity index (χ1n) is 7.16. The number of fused-ring (bicyclic) bond motifs is 1. The Labute approximate surface area is 123 Å². The summed E-state index contributed by atoms with van der Waals surface area (Å²) in [6.45, 7) is 5.16. The lowest BCUT2D eigenvalue weighted by Crippen LogP contribution is -2.43. The standard InChI is InChI=1S/C16H19N3O2/c1-18-6-8-19(9-7-18)11-14-4-2-12-10-13(16(20)21)3-5-15(12)17-14/h2-5,10H,6-9,11H2,1H3,(H,20,21). The maximum Gasteiger partial charge on any atom is 0.335 e. The maximum absolute atomic E-state index is 11.0. The molecule has 0 saturated carbocycles. The zero-order chi connectivity index (χ0) is 14.8. The van der Waals surface area contributed by atoms with Crippen LogP contribution in [0.1, 0.15) is 16.1 Å². The van der Waals surface area contributed by atoms with E-state index in [-0.39, 0.29) is 0 Å². The minimum Gasteiger partial charge on any atom is -0.478 e. The molecular weight excluding hydrogens is 266 g/mol. The molecular formula is C16H19N3O2. The average Bonchev–Trinajstić information content (AvgIpc) is 2.49. The molecule has 0 atom stereocenters. The van der Waals surface area contributed by atoms with Crippen molar-refractivity contribution < 1.29 is 9.90 Å². The van der Waals surface area contributed by atoms with Crippen LogP contribution >= 0.6 is 0 Å². The number of rotatable bonds is 3. The summed E-state index contributed by atoms with van der Waals surface area (Å²) >= 11 is 0. The second-order valence-electron chi connectivity index (χ2n) is 5.59. The highest BCUT2D eigenvalue weighted by Crippen LogP contribution is 2.16. The first kappa shape index (κ1) is 14.0. The average molecular weight is 285 g/mol. The van der Waals surface area contributed by atoms with E-state index in [0.29, 0.717) is 5.56 Å². The Balaban J connectivity index is 1.78. The second kappa shape index (κ2) is 5.79. The van der Waals surface area contributed by atoms with Crippen LogP contribution in [0.2, 0.25) is 0 Å². The number of piperazine rings is 1. The van der Waals surface area contributed by atoms with Crippen LogP contribution in [0.5, 0.6) is 0 Å². The van der Waals surface area contributed by atoms with Crippen LogP contribution in [0.25, 0.3) is 10.9 Å². The Kier molecular flexibility index (Phi) is 3.86. The number of hydrogen-bond donors (Lipinski definition) is 1. The third kappa shape index (κ3) is 3.20. The van der Waals surface area contributed by atoms with Crippen molar-refractivity contribution in [2.45, 2.75) is 6.54 Å². The SMILES string of the molecule is CN1CCN(Cc2ccc3cc(C(=O)O)ccc3n2)CC1. The predicted molar refractivity (Wildman–Crippen MR) is 81.5 cm³/mol. The smallest absolute Gasteiger partial charge is 0.335 e. The van der Waals surface area contributed by atoms with Crippen molar-refractivity contribution in [1.82, 2.24) is 14.8 Å². The molecule has 2 aromatic rings. The number of hydrogen-bond acceptors (Lipinski definition) is 4.